The van der Waals surface area contributed by atoms with Crippen LogP contribution in [0.3, 0.4) is 0 Å². The Morgan fingerprint density at radius 2 is 2.17 bits per heavy atom. The molecule has 2 amide bonds. The molecule has 0 radical (unpaired) electrons. The molecule has 3 rings (SSSR count). The summed E-state index contributed by atoms with van der Waals surface area (Å²) >= 11 is 1.20. The molecule has 0 unspecified atom stereocenters. The first kappa shape index (κ1) is 21.7. The van der Waals surface area contributed by atoms with E-state index >= 15 is 0 Å². The van der Waals surface area contributed by atoms with Crippen LogP contribution in [0.25, 0.3) is 0 Å². The van der Waals surface area contributed by atoms with Gasteiger partial charge in [0.15, 0.2) is 5.13 Å². The van der Waals surface area contributed by atoms with Gasteiger partial charge in [0.05, 0.1) is 0 Å². The number of likely N-dealkylation sites (tertiary alicyclic amines) is 1. The molecule has 0 aliphatic carbocycles. The Bertz CT molecular complexity index is 851. The number of carbonyl (C=O) groups is 1. The van der Waals surface area contributed by atoms with Crippen molar-refractivity contribution in [3.8, 4) is 0 Å². The van der Waals surface area contributed by atoms with E-state index in [-0.39, 0.29) is 22.1 Å². The molecule has 3 heterocycles. The molecule has 0 bridgehead atoms. The van der Waals surface area contributed by atoms with Crippen LogP contribution in [0, 0.1) is 17.5 Å². The maximum Gasteiger partial charge on any atom is 0.312 e. The molecule has 1 aliphatic heterocycles. The van der Waals surface area contributed by atoms with Crippen LogP contribution < -0.4 is 11.1 Å². The lowest BCUT2D eigenvalue weighted by atomic mass is 9.75. The zero-order chi connectivity index (χ0) is 21.2. The first-order valence-corrected chi connectivity index (χ1v) is 10.9. The zero-order valence-corrected chi connectivity index (χ0v) is 18.5. The highest BCUT2D eigenvalue weighted by atomic mass is 32.1. The summed E-state index contributed by atoms with van der Waals surface area (Å²) in [5.74, 6) is 0. The number of nitrogens with two attached hydrogens (primary N) is 1. The smallest absolute Gasteiger partial charge is 0.312 e. The SMILES string of the molecule is Cc1ccc(C(C)(C)N2CC[C@@](CCc3ccc(F)s3)([C@@H](C)NC(N)=O)C2)cn1. The molecule has 3 N–H and O–H groups in total. The second-order valence-electron chi connectivity index (χ2n) is 8.72. The summed E-state index contributed by atoms with van der Waals surface area (Å²) in [4.78, 5) is 19.5. The third-order valence-corrected chi connectivity index (χ3v) is 7.50. The second kappa shape index (κ2) is 8.40. The van der Waals surface area contributed by atoms with Gasteiger partial charge in [0, 0.05) is 40.3 Å². The van der Waals surface area contributed by atoms with Crippen molar-refractivity contribution < 1.29 is 9.18 Å². The summed E-state index contributed by atoms with van der Waals surface area (Å²) < 4.78 is 13.4. The van der Waals surface area contributed by atoms with Gasteiger partial charge >= 0.3 is 6.03 Å². The molecule has 5 nitrogen and oxygen atoms in total. The average Bonchev–Trinajstić information content (AvgIpc) is 3.27. The van der Waals surface area contributed by atoms with Gasteiger partial charge in [0.25, 0.3) is 0 Å². The van der Waals surface area contributed by atoms with Crippen LogP contribution in [0.15, 0.2) is 30.5 Å². The van der Waals surface area contributed by atoms with E-state index in [1.165, 1.54) is 23.0 Å². The molecule has 0 spiro atoms. The first-order valence-electron chi connectivity index (χ1n) is 10.1. The van der Waals surface area contributed by atoms with Crippen molar-refractivity contribution in [1.82, 2.24) is 15.2 Å². The van der Waals surface area contributed by atoms with Gasteiger partial charge in [-0.05, 0) is 77.3 Å². The number of thiophene rings is 1. The maximum atomic E-state index is 13.4. The Morgan fingerprint density at radius 1 is 1.41 bits per heavy atom. The summed E-state index contributed by atoms with van der Waals surface area (Å²) in [6.07, 6.45) is 4.56. The molecule has 2 aromatic heterocycles. The summed E-state index contributed by atoms with van der Waals surface area (Å²) in [5.41, 5.74) is 7.32. The normalized spacial score (nSPS) is 21.3. The van der Waals surface area contributed by atoms with E-state index in [1.807, 2.05) is 32.2 Å². The number of nitrogens with zero attached hydrogens (tertiary/aromatic N) is 2. The number of nitrogens with one attached hydrogen (secondary N) is 1. The Morgan fingerprint density at radius 3 is 2.76 bits per heavy atom. The summed E-state index contributed by atoms with van der Waals surface area (Å²) in [6.45, 7) is 10.2. The van der Waals surface area contributed by atoms with Crippen molar-refractivity contribution in [2.45, 2.75) is 58.5 Å². The van der Waals surface area contributed by atoms with Crippen molar-refractivity contribution in [1.29, 1.82) is 0 Å². The minimum atomic E-state index is -0.500. The van der Waals surface area contributed by atoms with Gasteiger partial charge in [-0.2, -0.15) is 4.39 Å². The fraction of sp³-hybridized carbons (Fsp3) is 0.545. The monoisotopic (exact) mass is 418 g/mol. The lowest BCUT2D eigenvalue weighted by Crippen LogP contribution is -2.50. The Labute approximate surface area is 176 Å². The molecule has 0 saturated carbocycles. The minimum absolute atomic E-state index is 0.0678. The molecule has 2 atom stereocenters. The standard InChI is InChI=1S/C22H31FN4OS/c1-15-5-6-17(13-25-15)21(3,4)27-12-11-22(14-27,16(2)26-20(24)28)10-9-18-7-8-19(23)29-18/h5-8,13,16H,9-12,14H2,1-4H3,(H3,24,26,28)/t16-,22-/m1/s1. The minimum Gasteiger partial charge on any atom is -0.352 e. The molecule has 2 aromatic rings. The van der Waals surface area contributed by atoms with E-state index in [4.69, 9.17) is 5.73 Å². The van der Waals surface area contributed by atoms with Crippen LogP contribution in [0.5, 0.6) is 0 Å². The van der Waals surface area contributed by atoms with Crippen LogP contribution in [0.2, 0.25) is 0 Å². The van der Waals surface area contributed by atoms with E-state index in [2.05, 4.69) is 35.1 Å². The number of halogens is 1. The lowest BCUT2D eigenvalue weighted by molar-refractivity contribution is 0.113. The van der Waals surface area contributed by atoms with Crippen LogP contribution in [0.4, 0.5) is 9.18 Å². The van der Waals surface area contributed by atoms with Crippen molar-refractivity contribution in [2.24, 2.45) is 11.1 Å². The van der Waals surface area contributed by atoms with Gasteiger partial charge in [0.2, 0.25) is 0 Å². The molecule has 1 aliphatic rings. The predicted molar refractivity (Wildman–Crippen MR) is 115 cm³/mol. The number of rotatable bonds is 7. The zero-order valence-electron chi connectivity index (χ0n) is 17.7. The Kier molecular flexibility index (Phi) is 6.29. The van der Waals surface area contributed by atoms with Gasteiger partial charge in [-0.25, -0.2) is 4.79 Å². The molecule has 158 valence electrons. The quantitative estimate of drug-likeness (QED) is 0.708. The number of hydrogen-bond acceptors (Lipinski definition) is 4. The number of pyridine rings is 1. The highest BCUT2D eigenvalue weighted by Crippen LogP contribution is 2.43. The number of hydrogen-bond donors (Lipinski definition) is 2. The third-order valence-electron chi connectivity index (χ3n) is 6.57. The topological polar surface area (TPSA) is 71.2 Å². The van der Waals surface area contributed by atoms with E-state index < -0.39 is 6.03 Å². The molecular weight excluding hydrogens is 387 g/mol. The van der Waals surface area contributed by atoms with Crippen molar-refractivity contribution >= 4 is 17.4 Å². The maximum absolute atomic E-state index is 13.4. The Balaban J connectivity index is 1.81. The van der Waals surface area contributed by atoms with Crippen molar-refractivity contribution in [3.05, 3.63) is 51.7 Å². The number of amides is 2. The van der Waals surface area contributed by atoms with Gasteiger partial charge in [-0.15, -0.1) is 11.3 Å². The van der Waals surface area contributed by atoms with Crippen molar-refractivity contribution in [3.63, 3.8) is 0 Å². The average molecular weight is 419 g/mol. The van der Waals surface area contributed by atoms with Crippen LogP contribution in [-0.4, -0.2) is 35.0 Å². The number of urea groups is 1. The first-order chi connectivity index (χ1) is 13.6. The van der Waals surface area contributed by atoms with Crippen LogP contribution in [-0.2, 0) is 12.0 Å². The van der Waals surface area contributed by atoms with Crippen LogP contribution >= 0.6 is 11.3 Å². The van der Waals surface area contributed by atoms with E-state index in [0.717, 1.165) is 42.9 Å². The number of carbonyl (C=O) groups excluding carboxylic acids is 1. The summed E-state index contributed by atoms with van der Waals surface area (Å²) in [6, 6.07) is 6.99. The molecule has 0 aromatic carbocycles. The number of aromatic nitrogens is 1. The van der Waals surface area contributed by atoms with Crippen LogP contribution in [0.1, 0.15) is 49.7 Å². The largest absolute Gasteiger partial charge is 0.352 e. The van der Waals surface area contributed by atoms with Crippen molar-refractivity contribution in [2.75, 3.05) is 13.1 Å². The number of aryl methyl sites for hydroxylation is 2. The molecule has 1 saturated heterocycles. The van der Waals surface area contributed by atoms with Gasteiger partial charge in [-0.3, -0.25) is 9.88 Å². The Hall–Kier alpha value is -1.99. The van der Waals surface area contributed by atoms with Gasteiger partial charge in [0.1, 0.15) is 0 Å². The second-order valence-corrected chi connectivity index (χ2v) is 9.84. The number of primary amides is 1. The molecule has 1 fully saturated rings. The molecular formula is C22H31FN4OS. The highest BCUT2D eigenvalue weighted by molar-refractivity contribution is 7.10. The predicted octanol–water partition coefficient (Wildman–Crippen LogP) is 4.21. The van der Waals surface area contributed by atoms with E-state index in [0.29, 0.717) is 0 Å². The van der Waals surface area contributed by atoms with E-state index in [9.17, 15) is 9.18 Å². The molecule has 7 heteroatoms. The lowest BCUT2D eigenvalue weighted by Gasteiger charge is -2.40. The van der Waals surface area contributed by atoms with Gasteiger partial charge in [-0.1, -0.05) is 6.07 Å². The fourth-order valence-corrected chi connectivity index (χ4v) is 5.11. The summed E-state index contributed by atoms with van der Waals surface area (Å²) in [5, 5.41) is 2.76. The highest BCUT2D eigenvalue weighted by Gasteiger charge is 2.46. The van der Waals surface area contributed by atoms with E-state index in [1.54, 1.807) is 0 Å². The molecule has 29 heavy (non-hydrogen) atoms. The fourth-order valence-electron chi connectivity index (χ4n) is 4.38. The van der Waals surface area contributed by atoms with Gasteiger partial charge < -0.3 is 11.1 Å². The summed E-state index contributed by atoms with van der Waals surface area (Å²) in [7, 11) is 0. The third kappa shape index (κ3) is 4.78.